The number of hydrogen-bond acceptors (Lipinski definition) is 3. The predicted octanol–water partition coefficient (Wildman–Crippen LogP) is 2.56. The fourth-order valence-corrected chi connectivity index (χ4v) is 1.91. The van der Waals surface area contributed by atoms with E-state index in [0.29, 0.717) is 19.0 Å². The molecule has 19 heavy (non-hydrogen) atoms. The first-order chi connectivity index (χ1) is 9.16. The van der Waals surface area contributed by atoms with Crippen molar-refractivity contribution in [3.05, 3.63) is 36.7 Å². The number of carbonyl (C=O) groups excluding carboxylic acids is 1. The standard InChI is InChI=1S/C15H19N3O/c1-11(2)17-9-7-15(19)18-14-5-3-4-12-6-8-16-10-13(12)14/h3-6,8,10-11,17H,7,9H2,1-2H3,(H,18,19). The molecule has 4 nitrogen and oxygen atoms in total. The Morgan fingerprint density at radius 3 is 2.95 bits per heavy atom. The summed E-state index contributed by atoms with van der Waals surface area (Å²) in [4.78, 5) is 16.0. The van der Waals surface area contributed by atoms with Gasteiger partial charge in [-0.3, -0.25) is 9.78 Å². The summed E-state index contributed by atoms with van der Waals surface area (Å²) in [5, 5.41) is 8.21. The zero-order valence-corrected chi connectivity index (χ0v) is 11.3. The van der Waals surface area contributed by atoms with Gasteiger partial charge in [-0.25, -0.2) is 0 Å². The van der Waals surface area contributed by atoms with Gasteiger partial charge in [-0.05, 0) is 17.5 Å². The van der Waals surface area contributed by atoms with Gasteiger partial charge in [-0.15, -0.1) is 0 Å². The molecule has 0 radical (unpaired) electrons. The number of amides is 1. The Morgan fingerprint density at radius 2 is 2.16 bits per heavy atom. The van der Waals surface area contributed by atoms with Gasteiger partial charge in [-0.1, -0.05) is 26.0 Å². The molecule has 0 aliphatic carbocycles. The number of nitrogens with zero attached hydrogens (tertiary/aromatic N) is 1. The minimum absolute atomic E-state index is 0.0181. The lowest BCUT2D eigenvalue weighted by molar-refractivity contribution is -0.116. The molecule has 0 atom stereocenters. The van der Waals surface area contributed by atoms with Crippen LogP contribution in [0.2, 0.25) is 0 Å². The number of benzene rings is 1. The first-order valence-corrected chi connectivity index (χ1v) is 6.53. The highest BCUT2D eigenvalue weighted by Gasteiger charge is 2.05. The van der Waals surface area contributed by atoms with Crippen LogP contribution in [0.1, 0.15) is 20.3 Å². The zero-order valence-electron chi connectivity index (χ0n) is 11.3. The summed E-state index contributed by atoms with van der Waals surface area (Å²) in [7, 11) is 0. The predicted molar refractivity (Wildman–Crippen MR) is 78.1 cm³/mol. The monoisotopic (exact) mass is 257 g/mol. The van der Waals surface area contributed by atoms with E-state index in [4.69, 9.17) is 0 Å². The minimum atomic E-state index is 0.0181. The van der Waals surface area contributed by atoms with Gasteiger partial charge in [0, 0.05) is 36.8 Å². The summed E-state index contributed by atoms with van der Waals surface area (Å²) in [6.07, 6.45) is 3.99. The molecular weight excluding hydrogens is 238 g/mol. The quantitative estimate of drug-likeness (QED) is 0.865. The summed E-state index contributed by atoms with van der Waals surface area (Å²) in [5.41, 5.74) is 0.820. The highest BCUT2D eigenvalue weighted by molar-refractivity contribution is 6.01. The molecule has 1 amide bonds. The minimum Gasteiger partial charge on any atom is -0.325 e. The number of anilines is 1. The summed E-state index contributed by atoms with van der Waals surface area (Å²) in [5.74, 6) is 0.0181. The van der Waals surface area contributed by atoms with Gasteiger partial charge in [0.1, 0.15) is 0 Å². The number of nitrogens with one attached hydrogen (secondary N) is 2. The van der Waals surface area contributed by atoms with E-state index < -0.39 is 0 Å². The summed E-state index contributed by atoms with van der Waals surface area (Å²) < 4.78 is 0. The molecule has 1 aromatic carbocycles. The number of aromatic nitrogens is 1. The van der Waals surface area contributed by atoms with Crippen molar-refractivity contribution in [2.75, 3.05) is 11.9 Å². The Kier molecular flexibility index (Phi) is 4.47. The van der Waals surface area contributed by atoms with Gasteiger partial charge in [0.2, 0.25) is 5.91 Å². The fraction of sp³-hybridized carbons (Fsp3) is 0.333. The third-order valence-corrected chi connectivity index (χ3v) is 2.86. The molecule has 1 heterocycles. The molecule has 100 valence electrons. The molecule has 1 aromatic heterocycles. The van der Waals surface area contributed by atoms with E-state index in [9.17, 15) is 4.79 Å². The number of rotatable bonds is 5. The Labute approximate surface area is 113 Å². The van der Waals surface area contributed by atoms with Crippen molar-refractivity contribution >= 4 is 22.4 Å². The third kappa shape index (κ3) is 3.76. The van der Waals surface area contributed by atoms with Gasteiger partial charge >= 0.3 is 0 Å². The SMILES string of the molecule is CC(C)NCCC(=O)Nc1cccc2ccncc12. The Balaban J connectivity index is 2.03. The second kappa shape index (κ2) is 6.29. The molecule has 0 saturated heterocycles. The van der Waals surface area contributed by atoms with Crippen LogP contribution in [-0.4, -0.2) is 23.5 Å². The van der Waals surface area contributed by atoms with Crippen molar-refractivity contribution < 1.29 is 4.79 Å². The fourth-order valence-electron chi connectivity index (χ4n) is 1.91. The van der Waals surface area contributed by atoms with Crippen LogP contribution in [0.3, 0.4) is 0 Å². The van der Waals surface area contributed by atoms with Crippen molar-refractivity contribution in [2.45, 2.75) is 26.3 Å². The van der Waals surface area contributed by atoms with Crippen LogP contribution in [0.4, 0.5) is 5.69 Å². The van der Waals surface area contributed by atoms with E-state index in [2.05, 4.69) is 29.5 Å². The maximum Gasteiger partial charge on any atom is 0.225 e. The molecule has 0 bridgehead atoms. The van der Waals surface area contributed by atoms with Crippen molar-refractivity contribution in [3.63, 3.8) is 0 Å². The Bertz CT molecular complexity index is 561. The van der Waals surface area contributed by atoms with Crippen LogP contribution in [0.25, 0.3) is 10.8 Å². The molecule has 0 unspecified atom stereocenters. The lowest BCUT2D eigenvalue weighted by Gasteiger charge is -2.10. The molecule has 0 spiro atoms. The molecule has 2 rings (SSSR count). The summed E-state index contributed by atoms with van der Waals surface area (Å²) in [6, 6.07) is 8.18. The number of carbonyl (C=O) groups is 1. The number of pyridine rings is 1. The van der Waals surface area contributed by atoms with Crippen LogP contribution in [0, 0.1) is 0 Å². The molecule has 4 heteroatoms. The topological polar surface area (TPSA) is 54.0 Å². The summed E-state index contributed by atoms with van der Waals surface area (Å²) in [6.45, 7) is 4.81. The first-order valence-electron chi connectivity index (χ1n) is 6.53. The smallest absolute Gasteiger partial charge is 0.225 e. The van der Waals surface area contributed by atoms with E-state index in [1.807, 2.05) is 24.3 Å². The van der Waals surface area contributed by atoms with Crippen LogP contribution < -0.4 is 10.6 Å². The average Bonchev–Trinajstić information content (AvgIpc) is 2.39. The van der Waals surface area contributed by atoms with Crippen LogP contribution in [0.5, 0.6) is 0 Å². The van der Waals surface area contributed by atoms with Gasteiger partial charge in [0.25, 0.3) is 0 Å². The van der Waals surface area contributed by atoms with Crippen LogP contribution in [-0.2, 0) is 4.79 Å². The molecule has 0 saturated carbocycles. The molecule has 2 N–H and O–H groups in total. The number of fused-ring (bicyclic) bond motifs is 1. The van der Waals surface area contributed by atoms with Gasteiger partial charge in [0.15, 0.2) is 0 Å². The lowest BCUT2D eigenvalue weighted by atomic mass is 10.1. The Morgan fingerprint density at radius 1 is 1.32 bits per heavy atom. The van der Waals surface area contributed by atoms with Crippen LogP contribution in [0.15, 0.2) is 36.7 Å². The second-order valence-electron chi connectivity index (χ2n) is 4.81. The maximum absolute atomic E-state index is 11.9. The van der Waals surface area contributed by atoms with Crippen molar-refractivity contribution in [1.82, 2.24) is 10.3 Å². The van der Waals surface area contributed by atoms with E-state index in [1.165, 1.54) is 0 Å². The molecule has 0 aliphatic rings. The second-order valence-corrected chi connectivity index (χ2v) is 4.81. The third-order valence-electron chi connectivity index (χ3n) is 2.86. The van der Waals surface area contributed by atoms with E-state index >= 15 is 0 Å². The maximum atomic E-state index is 11.9. The van der Waals surface area contributed by atoms with Gasteiger partial charge in [0.05, 0.1) is 5.69 Å². The lowest BCUT2D eigenvalue weighted by Crippen LogP contribution is -2.27. The largest absolute Gasteiger partial charge is 0.325 e. The molecule has 0 fully saturated rings. The normalized spacial score (nSPS) is 10.9. The van der Waals surface area contributed by atoms with Crippen molar-refractivity contribution in [2.24, 2.45) is 0 Å². The van der Waals surface area contributed by atoms with Gasteiger partial charge < -0.3 is 10.6 Å². The van der Waals surface area contributed by atoms with Crippen molar-refractivity contribution in [1.29, 1.82) is 0 Å². The van der Waals surface area contributed by atoms with Crippen molar-refractivity contribution in [3.8, 4) is 0 Å². The average molecular weight is 257 g/mol. The Hall–Kier alpha value is -1.94. The molecular formula is C15H19N3O. The highest BCUT2D eigenvalue weighted by Crippen LogP contribution is 2.21. The molecule has 0 aliphatic heterocycles. The van der Waals surface area contributed by atoms with E-state index in [-0.39, 0.29) is 5.91 Å². The van der Waals surface area contributed by atoms with Crippen LogP contribution >= 0.6 is 0 Å². The van der Waals surface area contributed by atoms with Gasteiger partial charge in [-0.2, -0.15) is 0 Å². The highest BCUT2D eigenvalue weighted by atomic mass is 16.1. The summed E-state index contributed by atoms with van der Waals surface area (Å²) >= 11 is 0. The van der Waals surface area contributed by atoms with E-state index in [1.54, 1.807) is 12.4 Å². The number of hydrogen-bond donors (Lipinski definition) is 2. The van der Waals surface area contributed by atoms with E-state index in [0.717, 1.165) is 16.5 Å². The zero-order chi connectivity index (χ0) is 13.7. The first kappa shape index (κ1) is 13.5. The molecule has 2 aromatic rings.